The van der Waals surface area contributed by atoms with Crippen molar-refractivity contribution >= 4 is 15.9 Å². The maximum Gasteiger partial charge on any atom is 0.243 e. The van der Waals surface area contributed by atoms with Gasteiger partial charge in [0.2, 0.25) is 15.9 Å². The third-order valence-electron chi connectivity index (χ3n) is 8.23. The van der Waals surface area contributed by atoms with Gasteiger partial charge in [-0.15, -0.1) is 0 Å². The molecule has 2 fully saturated rings. The lowest BCUT2D eigenvalue weighted by molar-refractivity contribution is -0.134. The lowest BCUT2D eigenvalue weighted by atomic mass is 9.49. The van der Waals surface area contributed by atoms with Crippen LogP contribution in [0.1, 0.15) is 40.5 Å². The molecular formula is C26H38FN3O3S. The molecule has 2 unspecified atom stereocenters. The first-order valence-corrected chi connectivity index (χ1v) is 13.9. The number of halogens is 1. The van der Waals surface area contributed by atoms with E-state index < -0.39 is 15.8 Å². The number of sulfonamides is 1. The first kappa shape index (κ1) is 25.3. The molecule has 1 saturated carbocycles. The summed E-state index contributed by atoms with van der Waals surface area (Å²) < 4.78 is 40.4. The third kappa shape index (κ3) is 4.95. The predicted octanol–water partition coefficient (Wildman–Crippen LogP) is 3.61. The van der Waals surface area contributed by atoms with Gasteiger partial charge in [0.05, 0.1) is 4.90 Å². The van der Waals surface area contributed by atoms with Gasteiger partial charge in [-0.25, -0.2) is 12.8 Å². The van der Waals surface area contributed by atoms with Gasteiger partial charge in [0.1, 0.15) is 5.82 Å². The molecule has 0 N–H and O–H groups in total. The van der Waals surface area contributed by atoms with Crippen LogP contribution in [-0.2, 0) is 14.8 Å². The van der Waals surface area contributed by atoms with E-state index in [9.17, 15) is 17.6 Å². The molecule has 1 aromatic rings. The largest absolute Gasteiger partial charge is 0.337 e. The molecule has 1 aliphatic heterocycles. The number of hydrogen-bond donors (Lipinski definition) is 0. The van der Waals surface area contributed by atoms with Crippen molar-refractivity contribution in [1.82, 2.24) is 14.1 Å². The van der Waals surface area contributed by atoms with Crippen molar-refractivity contribution in [1.29, 1.82) is 0 Å². The van der Waals surface area contributed by atoms with Gasteiger partial charge < -0.3 is 4.90 Å². The molecule has 1 amide bonds. The Kier molecular flexibility index (Phi) is 7.23. The summed E-state index contributed by atoms with van der Waals surface area (Å²) in [4.78, 5) is 17.4. The van der Waals surface area contributed by atoms with Crippen LogP contribution < -0.4 is 0 Å². The van der Waals surface area contributed by atoms with Crippen LogP contribution in [0, 0.1) is 29.0 Å². The number of amides is 1. The molecule has 188 valence electrons. The second-order valence-electron chi connectivity index (χ2n) is 10.9. The Hall–Kier alpha value is -1.77. The molecule has 1 saturated heterocycles. The number of allylic oxidation sites excluding steroid dienone is 1. The highest BCUT2D eigenvalue weighted by Crippen LogP contribution is 2.59. The van der Waals surface area contributed by atoms with Crippen molar-refractivity contribution in [3.8, 4) is 0 Å². The predicted molar refractivity (Wildman–Crippen MR) is 131 cm³/mol. The van der Waals surface area contributed by atoms with E-state index in [2.05, 4.69) is 24.8 Å². The number of piperazine rings is 1. The van der Waals surface area contributed by atoms with Crippen LogP contribution in [-0.4, -0.2) is 74.2 Å². The van der Waals surface area contributed by atoms with E-state index in [-0.39, 0.29) is 16.7 Å². The zero-order valence-corrected chi connectivity index (χ0v) is 21.7. The first-order valence-electron chi connectivity index (χ1n) is 12.5. The number of rotatable bonds is 8. The van der Waals surface area contributed by atoms with Crippen molar-refractivity contribution in [3.63, 3.8) is 0 Å². The summed E-state index contributed by atoms with van der Waals surface area (Å²) in [5.74, 6) is 1.03. The van der Waals surface area contributed by atoms with Crippen molar-refractivity contribution in [3.05, 3.63) is 41.7 Å². The molecule has 6 nitrogen and oxygen atoms in total. The smallest absolute Gasteiger partial charge is 0.243 e. The van der Waals surface area contributed by atoms with E-state index in [1.807, 2.05) is 18.7 Å². The Balaban J connectivity index is 1.33. The van der Waals surface area contributed by atoms with Crippen LogP contribution in [0.5, 0.6) is 0 Å². The fourth-order valence-corrected chi connectivity index (χ4v) is 7.14. The van der Waals surface area contributed by atoms with Crippen LogP contribution >= 0.6 is 0 Å². The zero-order chi connectivity index (χ0) is 24.7. The number of carbonyl (C=O) groups is 1. The monoisotopic (exact) mass is 491 g/mol. The highest BCUT2D eigenvalue weighted by Gasteiger charge is 2.51. The fourth-order valence-electron chi connectivity index (χ4n) is 5.72. The summed E-state index contributed by atoms with van der Waals surface area (Å²) in [6.45, 7) is 12.7. The lowest BCUT2D eigenvalue weighted by Gasteiger charge is -2.57. The lowest BCUT2D eigenvalue weighted by Crippen LogP contribution is -2.52. The molecule has 4 aliphatic rings. The average Bonchev–Trinajstić information content (AvgIpc) is 2.81. The van der Waals surface area contributed by atoms with Crippen molar-refractivity contribution < 1.29 is 17.6 Å². The van der Waals surface area contributed by atoms with E-state index in [0.29, 0.717) is 50.6 Å². The van der Waals surface area contributed by atoms with Crippen molar-refractivity contribution in [2.75, 3.05) is 45.8 Å². The number of carbonyl (C=O) groups excluding carboxylic acids is 1. The minimum absolute atomic E-state index is 0.0518. The summed E-state index contributed by atoms with van der Waals surface area (Å²) in [5, 5.41) is 0. The highest BCUT2D eigenvalue weighted by molar-refractivity contribution is 7.89. The number of benzene rings is 1. The van der Waals surface area contributed by atoms with Crippen molar-refractivity contribution in [2.45, 2.75) is 45.4 Å². The number of hydrogen-bond acceptors (Lipinski definition) is 4. The van der Waals surface area contributed by atoms with Gasteiger partial charge in [-0.2, -0.15) is 4.31 Å². The van der Waals surface area contributed by atoms with Gasteiger partial charge in [0.25, 0.3) is 0 Å². The molecule has 3 aliphatic carbocycles. The molecule has 0 spiro atoms. The molecule has 5 rings (SSSR count). The van der Waals surface area contributed by atoms with E-state index in [1.54, 1.807) is 0 Å². The molecule has 8 heteroatoms. The van der Waals surface area contributed by atoms with Gasteiger partial charge in [-0.1, -0.05) is 39.3 Å². The highest BCUT2D eigenvalue weighted by atomic mass is 32.2. The molecular weight excluding hydrogens is 453 g/mol. The fraction of sp³-hybridized carbons (Fsp3) is 0.654. The minimum atomic E-state index is -3.62. The Morgan fingerprint density at radius 1 is 1.15 bits per heavy atom. The summed E-state index contributed by atoms with van der Waals surface area (Å²) in [7, 11) is -3.62. The summed E-state index contributed by atoms with van der Waals surface area (Å²) in [6.07, 6.45) is 4.73. The van der Waals surface area contributed by atoms with Crippen LogP contribution in [0.2, 0.25) is 0 Å². The van der Waals surface area contributed by atoms with E-state index in [1.165, 1.54) is 40.6 Å². The Bertz CT molecular complexity index is 1030. The summed E-state index contributed by atoms with van der Waals surface area (Å²) >= 11 is 0. The third-order valence-corrected chi connectivity index (χ3v) is 10.1. The SMILES string of the molecule is CC(C)C(=O)N(CCN1CCN(S(=O)(=O)c2ccc(F)cc2)CC1)CC1=CCC2CC1C2(C)C. The summed E-state index contributed by atoms with van der Waals surface area (Å²) in [6, 6.07) is 4.99. The van der Waals surface area contributed by atoms with Gasteiger partial charge in [-0.3, -0.25) is 9.69 Å². The molecule has 0 radical (unpaired) electrons. The normalized spacial score (nSPS) is 25.1. The quantitative estimate of drug-likeness (QED) is 0.522. The topological polar surface area (TPSA) is 60.9 Å². The number of fused-ring (bicyclic) bond motifs is 1. The minimum Gasteiger partial charge on any atom is -0.337 e. The number of nitrogens with zero attached hydrogens (tertiary/aromatic N) is 3. The van der Waals surface area contributed by atoms with Crippen LogP contribution in [0.15, 0.2) is 40.8 Å². The van der Waals surface area contributed by atoms with Gasteiger partial charge in [-0.05, 0) is 54.4 Å². The van der Waals surface area contributed by atoms with Gasteiger partial charge in [0, 0.05) is 51.7 Å². The Morgan fingerprint density at radius 2 is 1.79 bits per heavy atom. The molecule has 2 bridgehead atoms. The Labute approximate surface area is 203 Å². The molecule has 1 heterocycles. The van der Waals surface area contributed by atoms with E-state index in [0.717, 1.165) is 18.9 Å². The standard InChI is InChI=1S/C26H38FN3O3S/c1-19(2)25(31)29(18-20-5-6-21-17-24(20)26(21,3)4)14-11-28-12-15-30(16-13-28)34(32,33)23-9-7-22(27)8-10-23/h5,7-10,19,21,24H,6,11-18H2,1-4H3. The Morgan fingerprint density at radius 3 is 2.35 bits per heavy atom. The van der Waals surface area contributed by atoms with Crippen molar-refractivity contribution in [2.24, 2.45) is 23.2 Å². The molecule has 34 heavy (non-hydrogen) atoms. The molecule has 1 aromatic carbocycles. The average molecular weight is 492 g/mol. The van der Waals surface area contributed by atoms with Crippen LogP contribution in [0.4, 0.5) is 4.39 Å². The van der Waals surface area contributed by atoms with Crippen LogP contribution in [0.3, 0.4) is 0 Å². The van der Waals surface area contributed by atoms with E-state index in [4.69, 9.17) is 0 Å². The second-order valence-corrected chi connectivity index (χ2v) is 12.9. The summed E-state index contributed by atoms with van der Waals surface area (Å²) in [5.41, 5.74) is 1.75. The zero-order valence-electron chi connectivity index (χ0n) is 20.8. The second kappa shape index (κ2) is 9.70. The first-order chi connectivity index (χ1) is 16.0. The van der Waals surface area contributed by atoms with E-state index >= 15 is 0 Å². The molecule has 0 aromatic heterocycles. The maximum absolute atomic E-state index is 13.2. The maximum atomic E-state index is 13.2. The van der Waals surface area contributed by atoms with Gasteiger partial charge >= 0.3 is 0 Å². The van der Waals surface area contributed by atoms with Crippen LogP contribution in [0.25, 0.3) is 0 Å². The van der Waals surface area contributed by atoms with Gasteiger partial charge in [0.15, 0.2) is 0 Å². The molecule has 2 atom stereocenters.